The van der Waals surface area contributed by atoms with E-state index in [1.165, 1.54) is 23.5 Å². The van der Waals surface area contributed by atoms with Crippen LogP contribution in [0, 0.1) is 11.7 Å². The van der Waals surface area contributed by atoms with Crippen molar-refractivity contribution in [2.75, 3.05) is 73.6 Å². The van der Waals surface area contributed by atoms with Crippen LogP contribution in [0.2, 0.25) is 0 Å². The van der Waals surface area contributed by atoms with E-state index in [1.54, 1.807) is 4.90 Å². The fourth-order valence-electron chi connectivity index (χ4n) is 5.20. The number of rotatable bonds is 8. The van der Waals surface area contributed by atoms with Gasteiger partial charge in [-0.15, -0.1) is 10.2 Å². The van der Waals surface area contributed by atoms with Crippen molar-refractivity contribution < 1.29 is 14.0 Å². The molecule has 9 nitrogen and oxygen atoms in total. The smallest absolute Gasteiger partial charge is 0.228 e. The van der Waals surface area contributed by atoms with Crippen LogP contribution in [-0.2, 0) is 9.59 Å². The molecular weight excluding hydrogens is 481 g/mol. The molecule has 11 heteroatoms. The lowest BCUT2D eigenvalue weighted by Gasteiger charge is -2.36. The topological polar surface area (TPSA) is 84.9 Å². The van der Waals surface area contributed by atoms with Crippen LogP contribution < -0.4 is 20.0 Å². The summed E-state index contributed by atoms with van der Waals surface area (Å²) >= 11 is 1.44. The van der Waals surface area contributed by atoms with Crippen molar-refractivity contribution in [3.8, 4) is 0 Å². The molecule has 194 valence electrons. The van der Waals surface area contributed by atoms with E-state index in [2.05, 4.69) is 30.2 Å². The Hall–Kier alpha value is -2.79. The standard InChI is InChI=1S/C25H34FN7O2S/c26-20-6-8-21(9-7-20)31-16-14-30(15-17-31)11-3-10-27-23(35)19-4-1-12-32(18-19)24-28-29-25(36-24)33-13-2-5-22(33)34/h6-9,19H,1-5,10-18H2,(H,27,35)/t19-/m1/s1. The predicted molar refractivity (Wildman–Crippen MR) is 139 cm³/mol. The van der Waals surface area contributed by atoms with Crippen molar-refractivity contribution in [1.29, 1.82) is 0 Å². The second-order valence-electron chi connectivity index (χ2n) is 9.75. The zero-order valence-electron chi connectivity index (χ0n) is 20.6. The quantitative estimate of drug-likeness (QED) is 0.541. The first-order valence-electron chi connectivity index (χ1n) is 13.0. The van der Waals surface area contributed by atoms with E-state index < -0.39 is 0 Å². The summed E-state index contributed by atoms with van der Waals surface area (Å²) < 4.78 is 13.2. The molecule has 1 atom stereocenters. The Labute approximate surface area is 215 Å². The molecule has 5 rings (SSSR count). The molecule has 3 aliphatic heterocycles. The average molecular weight is 516 g/mol. The third-order valence-electron chi connectivity index (χ3n) is 7.29. The van der Waals surface area contributed by atoms with Gasteiger partial charge >= 0.3 is 0 Å². The van der Waals surface area contributed by atoms with Gasteiger partial charge in [-0.2, -0.15) is 0 Å². The second-order valence-corrected chi connectivity index (χ2v) is 10.7. The number of halogens is 1. The molecule has 0 radical (unpaired) electrons. The van der Waals surface area contributed by atoms with Gasteiger partial charge in [0.1, 0.15) is 5.82 Å². The van der Waals surface area contributed by atoms with Crippen LogP contribution in [0.1, 0.15) is 32.1 Å². The number of piperidine rings is 1. The Kier molecular flexibility index (Phi) is 7.96. The molecule has 1 N–H and O–H groups in total. The number of benzene rings is 1. The summed E-state index contributed by atoms with van der Waals surface area (Å²) in [4.78, 5) is 33.4. The van der Waals surface area contributed by atoms with Crippen molar-refractivity contribution in [1.82, 2.24) is 20.4 Å². The maximum atomic E-state index is 13.2. The van der Waals surface area contributed by atoms with Crippen LogP contribution in [0.4, 0.5) is 20.3 Å². The molecular formula is C25H34FN7O2S. The summed E-state index contributed by atoms with van der Waals surface area (Å²) in [5, 5.41) is 13.1. The van der Waals surface area contributed by atoms with Gasteiger partial charge in [0.25, 0.3) is 0 Å². The summed E-state index contributed by atoms with van der Waals surface area (Å²) in [5.41, 5.74) is 1.07. The van der Waals surface area contributed by atoms with Crippen LogP contribution in [0.3, 0.4) is 0 Å². The summed E-state index contributed by atoms with van der Waals surface area (Å²) in [5.74, 6) is -0.0349. The number of carbonyl (C=O) groups is 2. The van der Waals surface area contributed by atoms with Crippen molar-refractivity contribution in [3.63, 3.8) is 0 Å². The highest BCUT2D eigenvalue weighted by Gasteiger charge is 2.30. The number of nitrogens with one attached hydrogen (secondary N) is 1. The first-order valence-corrected chi connectivity index (χ1v) is 13.8. The molecule has 2 aromatic rings. The number of aromatic nitrogens is 2. The van der Waals surface area contributed by atoms with E-state index in [9.17, 15) is 14.0 Å². The first-order chi connectivity index (χ1) is 17.6. The highest BCUT2D eigenvalue weighted by molar-refractivity contribution is 7.19. The van der Waals surface area contributed by atoms with E-state index in [0.29, 0.717) is 31.2 Å². The third-order valence-corrected chi connectivity index (χ3v) is 8.29. The van der Waals surface area contributed by atoms with Gasteiger partial charge in [-0.1, -0.05) is 11.3 Å². The van der Waals surface area contributed by atoms with Gasteiger partial charge in [-0.3, -0.25) is 19.4 Å². The van der Waals surface area contributed by atoms with E-state index in [-0.39, 0.29) is 23.5 Å². The Morgan fingerprint density at radius 3 is 2.53 bits per heavy atom. The second kappa shape index (κ2) is 11.5. The lowest BCUT2D eigenvalue weighted by atomic mass is 9.97. The van der Waals surface area contributed by atoms with E-state index in [4.69, 9.17) is 0 Å². The Bertz CT molecular complexity index is 1040. The fraction of sp³-hybridized carbons (Fsp3) is 0.600. The lowest BCUT2D eigenvalue weighted by Crippen LogP contribution is -2.47. The normalized spacial score (nSPS) is 21.3. The van der Waals surface area contributed by atoms with E-state index in [0.717, 1.165) is 75.8 Å². The van der Waals surface area contributed by atoms with Gasteiger partial charge in [0.2, 0.25) is 22.1 Å². The number of hydrogen-bond donors (Lipinski definition) is 1. The van der Waals surface area contributed by atoms with E-state index >= 15 is 0 Å². The molecule has 0 bridgehead atoms. The number of hydrogen-bond acceptors (Lipinski definition) is 8. The van der Waals surface area contributed by atoms with Crippen molar-refractivity contribution >= 4 is 39.1 Å². The summed E-state index contributed by atoms with van der Waals surface area (Å²) in [6.45, 7) is 7.62. The molecule has 1 aromatic carbocycles. The minimum Gasteiger partial charge on any atom is -0.369 e. The van der Waals surface area contributed by atoms with Crippen LogP contribution in [0.15, 0.2) is 24.3 Å². The number of piperazine rings is 1. The van der Waals surface area contributed by atoms with Gasteiger partial charge in [0, 0.05) is 64.5 Å². The largest absolute Gasteiger partial charge is 0.369 e. The molecule has 0 aliphatic carbocycles. The van der Waals surface area contributed by atoms with Crippen LogP contribution in [-0.4, -0.2) is 85.8 Å². The number of carbonyl (C=O) groups excluding carboxylic acids is 2. The summed E-state index contributed by atoms with van der Waals surface area (Å²) in [6, 6.07) is 6.70. The lowest BCUT2D eigenvalue weighted by molar-refractivity contribution is -0.125. The van der Waals surface area contributed by atoms with Crippen LogP contribution in [0.25, 0.3) is 0 Å². The summed E-state index contributed by atoms with van der Waals surface area (Å²) in [7, 11) is 0. The first kappa shape index (κ1) is 24.9. The molecule has 0 saturated carbocycles. The highest BCUT2D eigenvalue weighted by Crippen LogP contribution is 2.32. The number of nitrogens with zero attached hydrogens (tertiary/aromatic N) is 6. The summed E-state index contributed by atoms with van der Waals surface area (Å²) in [6.07, 6.45) is 4.18. The van der Waals surface area contributed by atoms with Crippen molar-refractivity contribution in [3.05, 3.63) is 30.1 Å². The monoisotopic (exact) mass is 515 g/mol. The van der Waals surface area contributed by atoms with Gasteiger partial charge in [-0.25, -0.2) is 4.39 Å². The maximum Gasteiger partial charge on any atom is 0.228 e. The average Bonchev–Trinajstić information content (AvgIpc) is 3.56. The van der Waals surface area contributed by atoms with Gasteiger partial charge in [-0.05, 0) is 56.5 Å². The highest BCUT2D eigenvalue weighted by atomic mass is 32.1. The van der Waals surface area contributed by atoms with Crippen molar-refractivity contribution in [2.24, 2.45) is 5.92 Å². The predicted octanol–water partition coefficient (Wildman–Crippen LogP) is 2.35. The maximum absolute atomic E-state index is 13.2. The minimum atomic E-state index is -0.204. The molecule has 3 saturated heterocycles. The van der Waals surface area contributed by atoms with Crippen LogP contribution >= 0.6 is 11.3 Å². The molecule has 2 amide bonds. The van der Waals surface area contributed by atoms with Gasteiger partial charge < -0.3 is 15.1 Å². The van der Waals surface area contributed by atoms with Gasteiger partial charge in [0.15, 0.2) is 0 Å². The van der Waals surface area contributed by atoms with Crippen LogP contribution in [0.5, 0.6) is 0 Å². The molecule has 3 aliphatic rings. The molecule has 0 spiro atoms. The Morgan fingerprint density at radius 2 is 1.78 bits per heavy atom. The molecule has 0 unspecified atom stereocenters. The third kappa shape index (κ3) is 5.95. The SMILES string of the molecule is O=C(NCCCN1CCN(c2ccc(F)cc2)CC1)[C@@H]1CCCN(c2nnc(N3CCCC3=O)s2)C1. The van der Waals surface area contributed by atoms with E-state index in [1.807, 2.05) is 12.1 Å². The Balaban J connectivity index is 1.01. The molecule has 3 fully saturated rings. The zero-order valence-corrected chi connectivity index (χ0v) is 21.4. The molecule has 1 aromatic heterocycles. The van der Waals surface area contributed by atoms with Crippen molar-refractivity contribution in [2.45, 2.75) is 32.1 Å². The van der Waals surface area contributed by atoms with Gasteiger partial charge in [0.05, 0.1) is 5.92 Å². The molecule has 36 heavy (non-hydrogen) atoms. The Morgan fingerprint density at radius 1 is 1.00 bits per heavy atom. The fourth-order valence-corrected chi connectivity index (χ4v) is 6.13. The zero-order chi connectivity index (χ0) is 24.9. The number of anilines is 3. The number of amides is 2. The minimum absolute atomic E-state index is 0.0567. The molecule has 4 heterocycles.